The van der Waals surface area contributed by atoms with E-state index in [1.807, 2.05) is 31.6 Å². The van der Waals surface area contributed by atoms with Gasteiger partial charge in [-0.3, -0.25) is 14.4 Å². The predicted molar refractivity (Wildman–Crippen MR) is 144 cm³/mol. The van der Waals surface area contributed by atoms with Gasteiger partial charge in [0.1, 0.15) is 5.82 Å². The fraction of sp³-hybridized carbons (Fsp3) is 0.429. The van der Waals surface area contributed by atoms with Crippen molar-refractivity contribution in [1.29, 1.82) is 0 Å². The quantitative estimate of drug-likeness (QED) is 0.377. The smallest absolute Gasteiger partial charge is 0.236 e. The Morgan fingerprint density at radius 2 is 1.95 bits per heavy atom. The van der Waals surface area contributed by atoms with E-state index in [2.05, 4.69) is 51.0 Å². The molecule has 194 valence electrons. The number of Topliss-reactive ketones (excluding diaryl/α,β-unsaturated/α-hetero) is 1. The molecule has 1 atom stereocenters. The number of ketones is 1. The van der Waals surface area contributed by atoms with Crippen LogP contribution in [0, 0.1) is 0 Å². The summed E-state index contributed by atoms with van der Waals surface area (Å²) in [6.07, 6.45) is 7.47. The fourth-order valence-electron chi connectivity index (χ4n) is 5.32. The van der Waals surface area contributed by atoms with Crippen molar-refractivity contribution in [3.05, 3.63) is 59.8 Å². The SMILES string of the molecule is CC[C@@H](C(=O)Cc1cccc2c(-c3ccnc(Cc4cn(C)nc4OC)n3)c[nH]c12)N1CCN(C)CC1. The minimum atomic E-state index is -0.0349. The number of likely N-dealkylation sites (N-methyl/N-ethyl adjacent to an activating group) is 1. The zero-order chi connectivity index (χ0) is 25.9. The van der Waals surface area contributed by atoms with E-state index in [1.54, 1.807) is 18.0 Å². The summed E-state index contributed by atoms with van der Waals surface area (Å²) in [5.74, 6) is 1.56. The fourth-order valence-corrected chi connectivity index (χ4v) is 5.32. The molecule has 3 aromatic heterocycles. The molecule has 37 heavy (non-hydrogen) atoms. The summed E-state index contributed by atoms with van der Waals surface area (Å²) in [7, 11) is 5.62. The van der Waals surface area contributed by atoms with E-state index in [1.165, 1.54) is 0 Å². The number of aromatic nitrogens is 5. The first-order valence-corrected chi connectivity index (χ1v) is 12.9. The second-order valence-electron chi connectivity index (χ2n) is 9.82. The molecule has 4 aromatic rings. The van der Waals surface area contributed by atoms with E-state index in [9.17, 15) is 4.79 Å². The number of carbonyl (C=O) groups is 1. The van der Waals surface area contributed by atoms with E-state index < -0.39 is 0 Å². The van der Waals surface area contributed by atoms with Gasteiger partial charge in [-0.15, -0.1) is 5.10 Å². The van der Waals surface area contributed by atoms with Gasteiger partial charge in [0.05, 0.1) is 18.8 Å². The number of nitrogens with zero attached hydrogens (tertiary/aromatic N) is 6. The summed E-state index contributed by atoms with van der Waals surface area (Å²) in [5, 5.41) is 5.38. The first kappa shape index (κ1) is 25.1. The maximum Gasteiger partial charge on any atom is 0.236 e. The van der Waals surface area contributed by atoms with Gasteiger partial charge in [-0.05, 0) is 25.1 Å². The largest absolute Gasteiger partial charge is 0.480 e. The molecule has 9 nitrogen and oxygen atoms in total. The van der Waals surface area contributed by atoms with Crippen LogP contribution in [0.3, 0.4) is 0 Å². The molecular weight excluding hydrogens is 466 g/mol. The molecule has 5 rings (SSSR count). The lowest BCUT2D eigenvalue weighted by molar-refractivity contribution is -0.124. The molecule has 1 aromatic carbocycles. The lowest BCUT2D eigenvalue weighted by Crippen LogP contribution is -2.51. The summed E-state index contributed by atoms with van der Waals surface area (Å²) in [4.78, 5) is 30.8. The molecule has 0 unspecified atom stereocenters. The van der Waals surface area contributed by atoms with Crippen LogP contribution in [-0.4, -0.2) is 86.7 Å². The first-order chi connectivity index (χ1) is 18.0. The van der Waals surface area contributed by atoms with Gasteiger partial charge in [0.15, 0.2) is 5.78 Å². The first-order valence-electron chi connectivity index (χ1n) is 12.9. The van der Waals surface area contributed by atoms with Crippen LogP contribution in [0.5, 0.6) is 5.88 Å². The van der Waals surface area contributed by atoms with Crippen LogP contribution < -0.4 is 4.74 Å². The average molecular weight is 502 g/mol. The summed E-state index contributed by atoms with van der Waals surface area (Å²) < 4.78 is 7.12. The van der Waals surface area contributed by atoms with Crippen molar-refractivity contribution in [2.75, 3.05) is 40.3 Å². The number of aryl methyl sites for hydroxylation is 1. The van der Waals surface area contributed by atoms with Gasteiger partial charge in [0.25, 0.3) is 0 Å². The third-order valence-corrected chi connectivity index (χ3v) is 7.29. The number of carbonyl (C=O) groups excluding carboxylic acids is 1. The molecule has 9 heteroatoms. The number of fused-ring (bicyclic) bond motifs is 1. The van der Waals surface area contributed by atoms with Crippen molar-refractivity contribution in [1.82, 2.24) is 34.5 Å². The number of hydrogen-bond donors (Lipinski definition) is 1. The lowest BCUT2D eigenvalue weighted by atomic mass is 9.98. The van der Waals surface area contributed by atoms with E-state index in [4.69, 9.17) is 9.72 Å². The average Bonchev–Trinajstić information content (AvgIpc) is 3.49. The normalized spacial score (nSPS) is 15.8. The Kier molecular flexibility index (Phi) is 7.34. The van der Waals surface area contributed by atoms with Crippen LogP contribution in [0.2, 0.25) is 0 Å². The molecule has 0 bridgehead atoms. The number of ether oxygens (including phenoxy) is 1. The lowest BCUT2D eigenvalue weighted by Gasteiger charge is -2.37. The number of methoxy groups -OCH3 is 1. The van der Waals surface area contributed by atoms with E-state index in [0.29, 0.717) is 24.5 Å². The number of hydrogen-bond acceptors (Lipinski definition) is 7. The van der Waals surface area contributed by atoms with Gasteiger partial charge >= 0.3 is 0 Å². The van der Waals surface area contributed by atoms with Crippen molar-refractivity contribution in [2.24, 2.45) is 7.05 Å². The maximum absolute atomic E-state index is 13.4. The van der Waals surface area contributed by atoms with Crippen LogP contribution in [0.25, 0.3) is 22.2 Å². The highest BCUT2D eigenvalue weighted by molar-refractivity contribution is 5.98. The number of aromatic amines is 1. The molecule has 0 saturated carbocycles. The molecule has 4 heterocycles. The van der Waals surface area contributed by atoms with Crippen molar-refractivity contribution < 1.29 is 9.53 Å². The number of H-pyrrole nitrogens is 1. The predicted octanol–water partition coefficient (Wildman–Crippen LogP) is 3.10. The van der Waals surface area contributed by atoms with Gasteiger partial charge in [-0.2, -0.15) is 0 Å². The highest BCUT2D eigenvalue weighted by Crippen LogP contribution is 2.30. The molecule has 1 saturated heterocycles. The third kappa shape index (κ3) is 5.28. The second kappa shape index (κ2) is 10.8. The van der Waals surface area contributed by atoms with Gasteiger partial charge in [0.2, 0.25) is 5.88 Å². The Labute approximate surface area is 217 Å². The Hall–Kier alpha value is -3.56. The molecule has 0 radical (unpaired) electrons. The summed E-state index contributed by atoms with van der Waals surface area (Å²) >= 11 is 0. The van der Waals surface area contributed by atoms with Crippen molar-refractivity contribution in [2.45, 2.75) is 32.2 Å². The van der Waals surface area contributed by atoms with E-state index >= 15 is 0 Å². The molecule has 1 aliphatic heterocycles. The minimum absolute atomic E-state index is 0.0349. The number of piperazine rings is 1. The Morgan fingerprint density at radius 1 is 1.14 bits per heavy atom. The van der Waals surface area contributed by atoms with Crippen molar-refractivity contribution in [3.8, 4) is 17.1 Å². The Morgan fingerprint density at radius 3 is 2.70 bits per heavy atom. The second-order valence-corrected chi connectivity index (χ2v) is 9.82. The summed E-state index contributed by atoms with van der Waals surface area (Å²) in [6, 6.07) is 8.05. The van der Waals surface area contributed by atoms with E-state index in [0.717, 1.165) is 65.9 Å². The minimum Gasteiger partial charge on any atom is -0.480 e. The number of rotatable bonds is 9. The van der Waals surface area contributed by atoms with Crippen LogP contribution in [-0.2, 0) is 24.7 Å². The molecule has 1 N–H and O–H groups in total. The van der Waals surface area contributed by atoms with Gasteiger partial charge < -0.3 is 14.6 Å². The molecule has 1 aliphatic rings. The Balaban J connectivity index is 1.38. The van der Waals surface area contributed by atoms with Crippen LogP contribution >= 0.6 is 0 Å². The third-order valence-electron chi connectivity index (χ3n) is 7.29. The van der Waals surface area contributed by atoms with Crippen molar-refractivity contribution >= 4 is 16.7 Å². The number of nitrogens with one attached hydrogen (secondary N) is 1. The summed E-state index contributed by atoms with van der Waals surface area (Å²) in [5.41, 5.74) is 4.79. The Bertz CT molecular complexity index is 1380. The van der Waals surface area contributed by atoms with Gasteiger partial charge in [-0.1, -0.05) is 25.1 Å². The summed E-state index contributed by atoms with van der Waals surface area (Å²) in [6.45, 7) is 6.01. The van der Waals surface area contributed by atoms with Gasteiger partial charge in [0, 0.05) is 86.7 Å². The highest BCUT2D eigenvalue weighted by atomic mass is 16.5. The highest BCUT2D eigenvalue weighted by Gasteiger charge is 2.27. The monoisotopic (exact) mass is 501 g/mol. The molecule has 1 fully saturated rings. The van der Waals surface area contributed by atoms with E-state index in [-0.39, 0.29) is 11.8 Å². The van der Waals surface area contributed by atoms with Crippen LogP contribution in [0.1, 0.15) is 30.3 Å². The number of benzene rings is 1. The van der Waals surface area contributed by atoms with Crippen LogP contribution in [0.4, 0.5) is 0 Å². The maximum atomic E-state index is 13.4. The standard InChI is InChI=1S/C28H35N7O2/c1-5-24(35-13-11-33(2)12-14-35)25(36)15-19-7-6-8-21-22(17-30-27(19)21)23-9-10-29-26(31-23)16-20-18-34(3)32-28(20)37-4/h6-10,17-18,24,30H,5,11-16H2,1-4H3/t24-/m0/s1. The zero-order valence-corrected chi connectivity index (χ0v) is 22.1. The zero-order valence-electron chi connectivity index (χ0n) is 22.1. The van der Waals surface area contributed by atoms with Gasteiger partial charge in [-0.25, -0.2) is 9.97 Å². The number of para-hydroxylation sites is 1. The van der Waals surface area contributed by atoms with Crippen molar-refractivity contribution in [3.63, 3.8) is 0 Å². The molecule has 0 amide bonds. The molecule has 0 aliphatic carbocycles. The molecule has 0 spiro atoms. The van der Waals surface area contributed by atoms with Crippen LogP contribution in [0.15, 0.2) is 42.9 Å². The topological polar surface area (TPSA) is 92.2 Å². The molecular formula is C28H35N7O2.